The Hall–Kier alpha value is 1.70. The summed E-state index contributed by atoms with van der Waals surface area (Å²) >= 11 is 0. The van der Waals surface area contributed by atoms with Crippen molar-refractivity contribution in [1.82, 2.24) is 0 Å². The molecule has 0 spiro atoms. The summed E-state index contributed by atoms with van der Waals surface area (Å²) in [5.74, 6) is 0. The zero-order valence-corrected chi connectivity index (χ0v) is 7.41. The van der Waals surface area contributed by atoms with Crippen molar-refractivity contribution < 1.29 is 51.6 Å². The minimum atomic E-state index is 0. The molecule has 0 aliphatic rings. The van der Waals surface area contributed by atoms with E-state index in [0.717, 1.165) is 6.42 Å². The maximum absolute atomic E-state index is 3.55. The van der Waals surface area contributed by atoms with E-state index in [0.29, 0.717) is 0 Å². The molecule has 0 heterocycles. The molecule has 1 radical (unpaired) electrons. The Morgan fingerprint density at radius 2 is 1.83 bits per heavy atom. The third kappa shape index (κ3) is 17.3. The first-order chi connectivity index (χ1) is 1.91. The van der Waals surface area contributed by atoms with Gasteiger partial charge in [-0.05, 0) is 0 Å². The second-order valence-electron chi connectivity index (χ2n) is 0.697. The summed E-state index contributed by atoms with van der Waals surface area (Å²) in [5, 5.41) is 0. The van der Waals surface area contributed by atoms with Gasteiger partial charge in [-0.1, -0.05) is 0 Å². The van der Waals surface area contributed by atoms with Gasteiger partial charge in [0.15, 0.2) is 0 Å². The largest absolute Gasteiger partial charge is 1.00 e. The van der Waals surface area contributed by atoms with Crippen LogP contribution in [0.5, 0.6) is 0 Å². The number of unbranched alkanes of at least 4 members (excludes halogenated alkanes) is 1. The number of hydrogen-bond donors (Lipinski definition) is 0. The van der Waals surface area contributed by atoms with Crippen molar-refractivity contribution in [2.24, 2.45) is 0 Å². The average molecular weight is 152 g/mol. The molecule has 0 bridgehead atoms. The van der Waals surface area contributed by atoms with Gasteiger partial charge in [-0.2, -0.15) is 6.92 Å². The van der Waals surface area contributed by atoms with Crippen molar-refractivity contribution in [3.63, 3.8) is 0 Å². The predicted octanol–water partition coefficient (Wildman–Crippen LogP) is -1.56. The minimum absolute atomic E-state index is 0. The molecular formula is C4H8LiY-. The molecule has 0 atom stereocenters. The van der Waals surface area contributed by atoms with E-state index in [-0.39, 0.29) is 51.6 Å². The Morgan fingerprint density at radius 3 is 1.83 bits per heavy atom. The molecule has 0 aliphatic heterocycles. The van der Waals surface area contributed by atoms with Crippen LogP contribution in [0.3, 0.4) is 0 Å². The first-order valence-corrected chi connectivity index (χ1v) is 1.49. The molecule has 0 unspecified atom stereocenters. The summed E-state index contributed by atoms with van der Waals surface area (Å²) in [6.45, 7) is 5.54. The van der Waals surface area contributed by atoms with E-state index in [1.165, 1.54) is 0 Å². The van der Waals surface area contributed by atoms with Crippen LogP contribution in [0.1, 0.15) is 13.3 Å². The van der Waals surface area contributed by atoms with E-state index in [1.807, 2.05) is 13.3 Å². The molecule has 0 N–H and O–H groups in total. The zero-order chi connectivity index (χ0) is 3.41. The Labute approximate surface area is 77.5 Å². The topological polar surface area (TPSA) is 0 Å². The van der Waals surface area contributed by atoms with Crippen molar-refractivity contribution in [3.05, 3.63) is 13.3 Å². The van der Waals surface area contributed by atoms with Crippen LogP contribution in [0.4, 0.5) is 0 Å². The third-order valence-corrected chi connectivity index (χ3v) is 0.289. The van der Waals surface area contributed by atoms with Crippen molar-refractivity contribution in [2.45, 2.75) is 13.3 Å². The van der Waals surface area contributed by atoms with Crippen molar-refractivity contribution >= 4 is 0 Å². The van der Waals surface area contributed by atoms with Gasteiger partial charge in [-0.25, -0.2) is 0 Å². The Morgan fingerprint density at radius 1 is 1.67 bits per heavy atom. The second-order valence-corrected chi connectivity index (χ2v) is 0.697. The standard InChI is InChI=1S/C4H8.Li.Y/c1-3-4-2;;/h4H,1,3H2,2H3;;/q-2;+1;. The maximum atomic E-state index is 3.55. The van der Waals surface area contributed by atoms with Crippen molar-refractivity contribution in [2.75, 3.05) is 0 Å². The Bertz CT molecular complexity index is 9.51. The van der Waals surface area contributed by atoms with Gasteiger partial charge >= 0.3 is 18.9 Å². The van der Waals surface area contributed by atoms with Crippen molar-refractivity contribution in [3.8, 4) is 0 Å². The van der Waals surface area contributed by atoms with Gasteiger partial charge in [0.25, 0.3) is 0 Å². The van der Waals surface area contributed by atoms with E-state index in [2.05, 4.69) is 6.92 Å². The van der Waals surface area contributed by atoms with E-state index in [9.17, 15) is 0 Å². The molecule has 0 amide bonds. The van der Waals surface area contributed by atoms with Gasteiger partial charge < -0.3 is 19.8 Å². The van der Waals surface area contributed by atoms with Gasteiger partial charge in [0.05, 0.1) is 0 Å². The van der Waals surface area contributed by atoms with E-state index >= 15 is 0 Å². The fourth-order valence-corrected chi connectivity index (χ4v) is 0. The quantitative estimate of drug-likeness (QED) is 0.314. The monoisotopic (exact) mass is 152 g/mol. The zero-order valence-electron chi connectivity index (χ0n) is 4.57. The number of rotatable bonds is 1. The smallest absolute Gasteiger partial charge is 0.372 e. The molecule has 0 aromatic rings. The van der Waals surface area contributed by atoms with E-state index < -0.39 is 0 Å². The molecular weight excluding hydrogens is 144 g/mol. The number of hydrogen-bond acceptors (Lipinski definition) is 0. The fraction of sp³-hybridized carbons (Fsp3) is 0.500. The molecule has 29 valence electrons. The predicted molar refractivity (Wildman–Crippen MR) is 19.9 cm³/mol. The molecule has 0 aliphatic carbocycles. The van der Waals surface area contributed by atoms with E-state index in [4.69, 9.17) is 0 Å². The van der Waals surface area contributed by atoms with Crippen LogP contribution in [0.25, 0.3) is 0 Å². The normalized spacial score (nSPS) is 5.00. The summed E-state index contributed by atoms with van der Waals surface area (Å²) in [6, 6.07) is 0. The maximum Gasteiger partial charge on any atom is 1.00 e. The molecule has 0 aromatic carbocycles. The van der Waals surface area contributed by atoms with Gasteiger partial charge in [0.2, 0.25) is 0 Å². The second kappa shape index (κ2) is 15.9. The van der Waals surface area contributed by atoms with E-state index in [1.54, 1.807) is 0 Å². The van der Waals surface area contributed by atoms with Gasteiger partial charge in [-0.3, -0.25) is 0 Å². The van der Waals surface area contributed by atoms with Crippen LogP contribution < -0.4 is 18.9 Å². The van der Waals surface area contributed by atoms with Crippen LogP contribution in [0.15, 0.2) is 0 Å². The Kier molecular flexibility index (Phi) is 41.5. The molecule has 0 aromatic heterocycles. The van der Waals surface area contributed by atoms with Gasteiger partial charge in [-0.15, -0.1) is 0 Å². The van der Waals surface area contributed by atoms with Crippen LogP contribution in [-0.2, 0) is 32.7 Å². The molecule has 0 nitrogen and oxygen atoms in total. The molecule has 0 fully saturated rings. The first kappa shape index (κ1) is 15.6. The summed E-state index contributed by atoms with van der Waals surface area (Å²) in [5.41, 5.74) is 0. The average Bonchev–Trinajstić information content (AvgIpc) is 1.37. The molecule has 0 rings (SSSR count). The van der Waals surface area contributed by atoms with Crippen LogP contribution >= 0.6 is 0 Å². The van der Waals surface area contributed by atoms with Crippen LogP contribution in [0, 0.1) is 13.3 Å². The summed E-state index contributed by atoms with van der Waals surface area (Å²) in [7, 11) is 0. The molecule has 6 heavy (non-hydrogen) atoms. The first-order valence-electron chi connectivity index (χ1n) is 1.49. The van der Waals surface area contributed by atoms with Gasteiger partial charge in [0, 0.05) is 32.7 Å². The minimum Gasteiger partial charge on any atom is -0.372 e. The summed E-state index contributed by atoms with van der Waals surface area (Å²) in [6.07, 6.45) is 2.96. The summed E-state index contributed by atoms with van der Waals surface area (Å²) < 4.78 is 0. The molecule has 0 saturated heterocycles. The Balaban J connectivity index is -0.0000000450. The van der Waals surface area contributed by atoms with Crippen LogP contribution in [0.2, 0.25) is 0 Å². The fourth-order valence-electron chi connectivity index (χ4n) is 0. The third-order valence-electron chi connectivity index (χ3n) is 0.289. The van der Waals surface area contributed by atoms with Gasteiger partial charge in [0.1, 0.15) is 0 Å². The molecule has 0 saturated carbocycles. The van der Waals surface area contributed by atoms with Crippen LogP contribution in [-0.4, -0.2) is 0 Å². The summed E-state index contributed by atoms with van der Waals surface area (Å²) in [4.78, 5) is 0. The van der Waals surface area contributed by atoms with Crippen molar-refractivity contribution in [1.29, 1.82) is 0 Å². The molecule has 2 heteroatoms. The SMILES string of the molecule is [CH2-]C[CH-]C.[Li+].[Y].